The summed E-state index contributed by atoms with van der Waals surface area (Å²) in [4.78, 5) is 40.3. The highest BCUT2D eigenvalue weighted by Gasteiger charge is 2.36. The molecule has 0 aliphatic carbocycles. The maximum atomic E-state index is 13.2. The van der Waals surface area contributed by atoms with E-state index in [1.54, 1.807) is 54.1 Å². The van der Waals surface area contributed by atoms with E-state index in [0.29, 0.717) is 31.0 Å². The van der Waals surface area contributed by atoms with Crippen LogP contribution in [0.5, 0.6) is 5.75 Å². The molecule has 2 aliphatic rings. The number of nitrogens with one attached hydrogen (secondary N) is 3. The molecular formula is C26H27N5O4. The van der Waals surface area contributed by atoms with Crippen LogP contribution >= 0.6 is 0 Å². The van der Waals surface area contributed by atoms with Crippen molar-refractivity contribution >= 4 is 29.1 Å². The van der Waals surface area contributed by atoms with Gasteiger partial charge in [0.05, 0.1) is 7.11 Å². The van der Waals surface area contributed by atoms with Crippen LogP contribution in [-0.2, 0) is 6.54 Å². The SMILES string of the molecule is COc1ccc(NC(=O)N2C[C@@H]3C[C@H](C2)c2ccc(NC(=O)Nc4ccccc4)c(=O)n2C3)cc1. The lowest BCUT2D eigenvalue weighted by atomic mass is 9.83. The molecule has 9 heteroatoms. The summed E-state index contributed by atoms with van der Waals surface area (Å²) in [6.07, 6.45) is 0.924. The van der Waals surface area contributed by atoms with Crippen LogP contribution < -0.4 is 26.2 Å². The van der Waals surface area contributed by atoms with Crippen molar-refractivity contribution in [3.8, 4) is 5.75 Å². The van der Waals surface area contributed by atoms with Gasteiger partial charge in [-0.15, -0.1) is 0 Å². The Bertz CT molecular complexity index is 1290. The smallest absolute Gasteiger partial charge is 0.323 e. The average molecular weight is 474 g/mol. The number of para-hydroxylation sites is 1. The number of carbonyl (C=O) groups is 2. The van der Waals surface area contributed by atoms with Crippen LogP contribution in [0, 0.1) is 5.92 Å². The number of urea groups is 2. The Morgan fingerprint density at radius 2 is 1.60 bits per heavy atom. The van der Waals surface area contributed by atoms with Crippen molar-refractivity contribution in [3.63, 3.8) is 0 Å². The molecule has 3 N–H and O–H groups in total. The molecule has 2 aliphatic heterocycles. The first-order valence-corrected chi connectivity index (χ1v) is 11.6. The van der Waals surface area contributed by atoms with Crippen LogP contribution in [0.2, 0.25) is 0 Å². The Kier molecular flexibility index (Phi) is 6.13. The largest absolute Gasteiger partial charge is 0.497 e. The predicted octanol–water partition coefficient (Wildman–Crippen LogP) is 4.15. The number of amides is 4. The fraction of sp³-hybridized carbons (Fsp3) is 0.269. The van der Waals surface area contributed by atoms with E-state index >= 15 is 0 Å². The molecule has 0 spiro atoms. The molecule has 2 atom stereocenters. The third-order valence-corrected chi connectivity index (χ3v) is 6.51. The average Bonchev–Trinajstić information content (AvgIpc) is 2.87. The van der Waals surface area contributed by atoms with Crippen molar-refractivity contribution in [3.05, 3.63) is 82.8 Å². The summed E-state index contributed by atoms with van der Waals surface area (Å²) >= 11 is 0. The molecule has 2 bridgehead atoms. The van der Waals surface area contributed by atoms with Gasteiger partial charge in [-0.1, -0.05) is 18.2 Å². The second kappa shape index (κ2) is 9.54. The third kappa shape index (κ3) is 4.84. The number of methoxy groups -OCH3 is 1. The molecule has 0 saturated carbocycles. The molecule has 1 saturated heterocycles. The number of benzene rings is 2. The van der Waals surface area contributed by atoms with Crippen molar-refractivity contribution in [2.75, 3.05) is 36.1 Å². The molecule has 9 nitrogen and oxygen atoms in total. The van der Waals surface area contributed by atoms with E-state index in [2.05, 4.69) is 16.0 Å². The zero-order valence-corrected chi connectivity index (χ0v) is 19.4. The van der Waals surface area contributed by atoms with Gasteiger partial charge in [0.25, 0.3) is 5.56 Å². The molecule has 180 valence electrons. The zero-order chi connectivity index (χ0) is 24.4. The Hall–Kier alpha value is -4.27. The lowest BCUT2D eigenvalue weighted by Crippen LogP contribution is -2.50. The number of pyridine rings is 1. The number of fused-ring (bicyclic) bond motifs is 4. The zero-order valence-electron chi connectivity index (χ0n) is 19.4. The normalized spacial score (nSPS) is 18.3. The topological polar surface area (TPSA) is 105 Å². The number of nitrogens with zero attached hydrogens (tertiary/aromatic N) is 2. The molecule has 0 radical (unpaired) electrons. The van der Waals surface area contributed by atoms with Gasteiger partial charge < -0.3 is 30.2 Å². The highest BCUT2D eigenvalue weighted by molar-refractivity contribution is 5.99. The standard InChI is InChI=1S/C26H27N5O4/c1-35-21-9-7-20(8-10-21)28-26(34)30-14-17-13-18(16-30)23-12-11-22(24(32)31(23)15-17)29-25(33)27-19-5-3-2-4-6-19/h2-12,17-18H,13-16H2,1H3,(H,28,34)(H2,27,29,33)/t17-,18+/m0/s1. The second-order valence-electron chi connectivity index (χ2n) is 8.90. The fourth-order valence-electron chi connectivity index (χ4n) is 4.89. The molecule has 1 fully saturated rings. The van der Waals surface area contributed by atoms with Crippen LogP contribution in [-0.4, -0.2) is 41.7 Å². The summed E-state index contributed by atoms with van der Waals surface area (Å²) in [5.41, 5.74) is 2.24. The Balaban J connectivity index is 1.27. The molecular weight excluding hydrogens is 446 g/mol. The Morgan fingerprint density at radius 1 is 0.857 bits per heavy atom. The van der Waals surface area contributed by atoms with Crippen LogP contribution in [0.15, 0.2) is 71.5 Å². The van der Waals surface area contributed by atoms with Gasteiger partial charge in [-0.2, -0.15) is 0 Å². The highest BCUT2D eigenvalue weighted by Crippen LogP contribution is 2.35. The summed E-state index contributed by atoms with van der Waals surface area (Å²) in [6, 6.07) is 19.2. The summed E-state index contributed by atoms with van der Waals surface area (Å²) in [6.45, 7) is 1.60. The van der Waals surface area contributed by atoms with Crippen LogP contribution in [0.25, 0.3) is 0 Å². The Labute approximate surface area is 202 Å². The van der Waals surface area contributed by atoms with Crippen molar-refractivity contribution in [2.45, 2.75) is 18.9 Å². The summed E-state index contributed by atoms with van der Waals surface area (Å²) in [5, 5.41) is 8.34. The minimum absolute atomic E-state index is 0.0593. The van der Waals surface area contributed by atoms with Gasteiger partial charge in [-0.25, -0.2) is 9.59 Å². The number of rotatable bonds is 4. The molecule has 5 rings (SSSR count). The van der Waals surface area contributed by atoms with E-state index in [1.807, 2.05) is 29.2 Å². The van der Waals surface area contributed by atoms with Crippen molar-refractivity contribution < 1.29 is 14.3 Å². The van der Waals surface area contributed by atoms with Crippen LogP contribution in [0.3, 0.4) is 0 Å². The first-order chi connectivity index (χ1) is 17.0. The molecule has 3 aromatic rings. The molecule has 3 heterocycles. The predicted molar refractivity (Wildman–Crippen MR) is 134 cm³/mol. The number of ether oxygens (including phenoxy) is 1. The van der Waals surface area contributed by atoms with E-state index in [9.17, 15) is 14.4 Å². The summed E-state index contributed by atoms with van der Waals surface area (Å²) < 4.78 is 6.91. The fourth-order valence-corrected chi connectivity index (χ4v) is 4.89. The number of hydrogen-bond acceptors (Lipinski definition) is 4. The van der Waals surface area contributed by atoms with Gasteiger partial charge in [0.2, 0.25) is 0 Å². The van der Waals surface area contributed by atoms with Gasteiger partial charge in [-0.05, 0) is 60.9 Å². The van der Waals surface area contributed by atoms with Gasteiger partial charge in [0.15, 0.2) is 0 Å². The maximum absolute atomic E-state index is 13.2. The van der Waals surface area contributed by atoms with Crippen LogP contribution in [0.1, 0.15) is 18.0 Å². The molecule has 2 aromatic carbocycles. The quantitative estimate of drug-likeness (QED) is 0.529. The number of likely N-dealkylation sites (tertiary alicyclic amines) is 1. The number of anilines is 3. The molecule has 1 aromatic heterocycles. The minimum Gasteiger partial charge on any atom is -0.497 e. The third-order valence-electron chi connectivity index (χ3n) is 6.51. The van der Waals surface area contributed by atoms with Gasteiger partial charge in [0.1, 0.15) is 11.4 Å². The van der Waals surface area contributed by atoms with Gasteiger partial charge in [0, 0.05) is 42.6 Å². The van der Waals surface area contributed by atoms with E-state index in [-0.39, 0.29) is 29.1 Å². The number of aromatic nitrogens is 1. The van der Waals surface area contributed by atoms with Crippen molar-refractivity contribution in [1.82, 2.24) is 9.47 Å². The van der Waals surface area contributed by atoms with Gasteiger partial charge >= 0.3 is 12.1 Å². The van der Waals surface area contributed by atoms with Crippen LogP contribution in [0.4, 0.5) is 26.7 Å². The monoisotopic (exact) mass is 473 g/mol. The van der Waals surface area contributed by atoms with Gasteiger partial charge in [-0.3, -0.25) is 4.79 Å². The van der Waals surface area contributed by atoms with E-state index in [0.717, 1.165) is 17.9 Å². The lowest BCUT2D eigenvalue weighted by Gasteiger charge is -2.42. The maximum Gasteiger partial charge on any atom is 0.323 e. The first kappa shape index (κ1) is 22.5. The second-order valence-corrected chi connectivity index (χ2v) is 8.90. The highest BCUT2D eigenvalue weighted by atomic mass is 16.5. The van der Waals surface area contributed by atoms with Crippen molar-refractivity contribution in [2.24, 2.45) is 5.92 Å². The first-order valence-electron chi connectivity index (χ1n) is 11.6. The number of carbonyl (C=O) groups excluding carboxylic acids is 2. The molecule has 4 amide bonds. The van der Waals surface area contributed by atoms with E-state index in [1.165, 1.54) is 0 Å². The Morgan fingerprint density at radius 3 is 2.34 bits per heavy atom. The molecule has 0 unspecified atom stereocenters. The summed E-state index contributed by atoms with van der Waals surface area (Å²) in [5.74, 6) is 0.946. The van der Waals surface area contributed by atoms with E-state index in [4.69, 9.17) is 4.74 Å². The number of hydrogen-bond donors (Lipinski definition) is 3. The summed E-state index contributed by atoms with van der Waals surface area (Å²) in [7, 11) is 1.60. The van der Waals surface area contributed by atoms with E-state index < -0.39 is 6.03 Å². The molecule has 35 heavy (non-hydrogen) atoms. The number of piperidine rings is 1. The minimum atomic E-state index is -0.466. The van der Waals surface area contributed by atoms with Crippen molar-refractivity contribution in [1.29, 1.82) is 0 Å². The lowest BCUT2D eigenvalue weighted by molar-refractivity contribution is 0.139.